The number of furan rings is 1. The normalized spacial score (nSPS) is 11.0. The molecule has 0 radical (unpaired) electrons. The van der Waals surface area contributed by atoms with Gasteiger partial charge in [0.2, 0.25) is 5.91 Å². The van der Waals surface area contributed by atoms with Crippen molar-refractivity contribution in [3.8, 4) is 11.3 Å². The van der Waals surface area contributed by atoms with E-state index in [0.717, 1.165) is 5.56 Å². The van der Waals surface area contributed by atoms with Gasteiger partial charge in [-0.1, -0.05) is 11.6 Å². The summed E-state index contributed by atoms with van der Waals surface area (Å²) in [6.45, 7) is -0.0305. The molecule has 146 valence electrons. The fraction of sp³-hybridized carbons (Fsp3) is 0.0952. The van der Waals surface area contributed by atoms with Gasteiger partial charge in [0.1, 0.15) is 23.9 Å². The van der Waals surface area contributed by atoms with Crippen LogP contribution in [0.3, 0.4) is 0 Å². The molecule has 1 N–H and O–H groups in total. The summed E-state index contributed by atoms with van der Waals surface area (Å²) < 4.78 is 20.1. The lowest BCUT2D eigenvalue weighted by atomic mass is 10.2. The van der Waals surface area contributed by atoms with Crippen LogP contribution in [0.5, 0.6) is 0 Å². The first-order chi connectivity index (χ1) is 14.0. The Morgan fingerprint density at radius 1 is 1.14 bits per heavy atom. The molecule has 2 aromatic carbocycles. The van der Waals surface area contributed by atoms with Crippen LogP contribution in [0, 0.1) is 5.82 Å². The third-order valence-corrected chi connectivity index (χ3v) is 4.60. The van der Waals surface area contributed by atoms with Gasteiger partial charge in [0.25, 0.3) is 5.56 Å². The van der Waals surface area contributed by atoms with Gasteiger partial charge in [0.15, 0.2) is 0 Å². The van der Waals surface area contributed by atoms with Gasteiger partial charge in [-0.2, -0.15) is 0 Å². The Morgan fingerprint density at radius 3 is 2.72 bits per heavy atom. The number of aromatic nitrogens is 2. The minimum Gasteiger partial charge on any atom is -0.459 e. The van der Waals surface area contributed by atoms with Crippen molar-refractivity contribution >= 4 is 28.4 Å². The standard InChI is InChI=1S/C21H15ClFN3O3/c22-14-3-1-13(2-4-14)19-8-6-16(29-19)10-24-20(27)11-26-12-25-18-9-15(23)5-7-17(18)21(26)28/h1-9,12H,10-11H2,(H,24,27). The highest BCUT2D eigenvalue weighted by atomic mass is 35.5. The first kappa shape index (κ1) is 18.9. The van der Waals surface area contributed by atoms with E-state index >= 15 is 0 Å². The summed E-state index contributed by atoms with van der Waals surface area (Å²) in [5.74, 6) is 0.381. The number of hydrogen-bond acceptors (Lipinski definition) is 4. The van der Waals surface area contributed by atoms with Crippen molar-refractivity contribution in [2.75, 3.05) is 0 Å². The predicted octanol–water partition coefficient (Wildman–Crippen LogP) is 3.77. The molecule has 0 atom stereocenters. The predicted molar refractivity (Wildman–Crippen MR) is 107 cm³/mol. The van der Waals surface area contributed by atoms with Crippen LogP contribution >= 0.6 is 11.6 Å². The van der Waals surface area contributed by atoms with Crippen LogP contribution < -0.4 is 10.9 Å². The largest absolute Gasteiger partial charge is 0.459 e. The molecule has 0 aliphatic carbocycles. The summed E-state index contributed by atoms with van der Waals surface area (Å²) in [6.07, 6.45) is 1.23. The Hall–Kier alpha value is -3.45. The Balaban J connectivity index is 1.41. The van der Waals surface area contributed by atoms with Crippen molar-refractivity contribution in [1.82, 2.24) is 14.9 Å². The average molecular weight is 412 g/mol. The lowest BCUT2D eigenvalue weighted by molar-refractivity contribution is -0.122. The molecule has 0 saturated heterocycles. The maximum Gasteiger partial charge on any atom is 0.261 e. The quantitative estimate of drug-likeness (QED) is 0.542. The molecule has 29 heavy (non-hydrogen) atoms. The second-order valence-corrected chi connectivity index (χ2v) is 6.83. The number of hydrogen-bond donors (Lipinski definition) is 1. The molecule has 6 nitrogen and oxygen atoms in total. The molecule has 0 saturated carbocycles. The number of fused-ring (bicyclic) bond motifs is 1. The summed E-state index contributed by atoms with van der Waals surface area (Å²) in [4.78, 5) is 28.7. The van der Waals surface area contributed by atoms with E-state index in [1.54, 1.807) is 18.2 Å². The van der Waals surface area contributed by atoms with Gasteiger partial charge in [-0.05, 0) is 48.5 Å². The van der Waals surface area contributed by atoms with Crippen molar-refractivity contribution in [3.63, 3.8) is 0 Å². The van der Waals surface area contributed by atoms with E-state index in [-0.39, 0.29) is 29.9 Å². The Bertz CT molecular complexity index is 1250. The first-order valence-corrected chi connectivity index (χ1v) is 9.13. The van der Waals surface area contributed by atoms with Gasteiger partial charge in [0, 0.05) is 16.7 Å². The van der Waals surface area contributed by atoms with E-state index < -0.39 is 11.4 Å². The second-order valence-electron chi connectivity index (χ2n) is 6.39. The molecule has 0 bridgehead atoms. The van der Waals surface area contributed by atoms with Crippen LogP contribution in [0.1, 0.15) is 5.76 Å². The molecule has 4 rings (SSSR count). The first-order valence-electron chi connectivity index (χ1n) is 8.76. The Morgan fingerprint density at radius 2 is 1.93 bits per heavy atom. The molecule has 0 aliphatic rings. The van der Waals surface area contributed by atoms with Crippen LogP contribution in [-0.2, 0) is 17.9 Å². The van der Waals surface area contributed by atoms with Gasteiger partial charge in [-0.15, -0.1) is 0 Å². The van der Waals surface area contributed by atoms with Crippen molar-refractivity contribution < 1.29 is 13.6 Å². The fourth-order valence-corrected chi connectivity index (χ4v) is 3.01. The third-order valence-electron chi connectivity index (χ3n) is 4.35. The lowest BCUT2D eigenvalue weighted by Crippen LogP contribution is -2.32. The minimum absolute atomic E-state index is 0.174. The molecule has 0 aliphatic heterocycles. The van der Waals surface area contributed by atoms with Crippen molar-refractivity contribution in [2.24, 2.45) is 0 Å². The van der Waals surface area contributed by atoms with Crippen LogP contribution in [0.25, 0.3) is 22.2 Å². The van der Waals surface area contributed by atoms with Crippen molar-refractivity contribution in [1.29, 1.82) is 0 Å². The highest BCUT2D eigenvalue weighted by molar-refractivity contribution is 6.30. The topological polar surface area (TPSA) is 77.1 Å². The van der Waals surface area contributed by atoms with E-state index in [1.165, 1.54) is 29.1 Å². The van der Waals surface area contributed by atoms with E-state index in [4.69, 9.17) is 16.0 Å². The Labute approximate surface area is 169 Å². The third kappa shape index (κ3) is 4.20. The summed E-state index contributed by atoms with van der Waals surface area (Å²) >= 11 is 5.88. The maximum absolute atomic E-state index is 13.2. The van der Waals surface area contributed by atoms with Gasteiger partial charge < -0.3 is 9.73 Å². The zero-order valence-corrected chi connectivity index (χ0v) is 15.8. The number of nitrogens with one attached hydrogen (secondary N) is 1. The molecule has 1 amide bonds. The molecule has 4 aromatic rings. The zero-order valence-electron chi connectivity index (χ0n) is 15.1. The van der Waals surface area contributed by atoms with E-state index in [0.29, 0.717) is 16.5 Å². The fourth-order valence-electron chi connectivity index (χ4n) is 2.88. The second kappa shape index (κ2) is 7.89. The van der Waals surface area contributed by atoms with Crippen molar-refractivity contribution in [2.45, 2.75) is 13.1 Å². The van der Waals surface area contributed by atoms with E-state index in [2.05, 4.69) is 10.3 Å². The number of carbonyl (C=O) groups is 1. The van der Waals surface area contributed by atoms with Gasteiger partial charge in [-0.25, -0.2) is 9.37 Å². The van der Waals surface area contributed by atoms with E-state index in [1.807, 2.05) is 18.2 Å². The minimum atomic E-state index is -0.476. The number of carbonyl (C=O) groups excluding carboxylic acids is 1. The number of halogens is 2. The number of amides is 1. The average Bonchev–Trinajstić information content (AvgIpc) is 3.18. The van der Waals surface area contributed by atoms with E-state index in [9.17, 15) is 14.0 Å². The smallest absolute Gasteiger partial charge is 0.261 e. The summed E-state index contributed by atoms with van der Waals surface area (Å²) in [7, 11) is 0. The van der Waals surface area contributed by atoms with Crippen LogP contribution in [0.15, 0.2) is 70.1 Å². The van der Waals surface area contributed by atoms with Gasteiger partial charge in [-0.3, -0.25) is 14.2 Å². The summed E-state index contributed by atoms with van der Waals surface area (Å²) in [6, 6.07) is 14.5. The van der Waals surface area contributed by atoms with Gasteiger partial charge >= 0.3 is 0 Å². The van der Waals surface area contributed by atoms with Crippen LogP contribution in [0.4, 0.5) is 4.39 Å². The molecule has 2 aromatic heterocycles. The monoisotopic (exact) mass is 411 g/mol. The highest BCUT2D eigenvalue weighted by Gasteiger charge is 2.10. The molecule has 0 unspecified atom stereocenters. The number of benzene rings is 2. The molecule has 0 fully saturated rings. The van der Waals surface area contributed by atoms with Crippen LogP contribution in [0.2, 0.25) is 5.02 Å². The number of rotatable bonds is 5. The molecule has 0 spiro atoms. The van der Waals surface area contributed by atoms with Crippen LogP contribution in [-0.4, -0.2) is 15.5 Å². The number of nitrogens with zero attached hydrogens (tertiary/aromatic N) is 2. The molecular formula is C21H15ClFN3O3. The highest BCUT2D eigenvalue weighted by Crippen LogP contribution is 2.23. The summed E-state index contributed by atoms with van der Waals surface area (Å²) in [5, 5.41) is 3.59. The molecule has 2 heterocycles. The maximum atomic E-state index is 13.2. The lowest BCUT2D eigenvalue weighted by Gasteiger charge is -2.07. The molecular weight excluding hydrogens is 397 g/mol. The van der Waals surface area contributed by atoms with Gasteiger partial charge in [0.05, 0.1) is 23.8 Å². The SMILES string of the molecule is O=C(Cn1cnc2cc(F)ccc2c1=O)NCc1ccc(-c2ccc(Cl)cc2)o1. The van der Waals surface area contributed by atoms with Crippen molar-refractivity contribution in [3.05, 3.63) is 87.9 Å². The Kier molecular flexibility index (Phi) is 5.14. The molecule has 8 heteroatoms. The summed E-state index contributed by atoms with van der Waals surface area (Å²) in [5.41, 5.74) is 0.711. The zero-order chi connectivity index (χ0) is 20.4.